The van der Waals surface area contributed by atoms with Gasteiger partial charge in [0.1, 0.15) is 5.82 Å². The molecule has 1 aliphatic heterocycles. The summed E-state index contributed by atoms with van der Waals surface area (Å²) in [4.78, 5) is 0. The summed E-state index contributed by atoms with van der Waals surface area (Å²) in [6, 6.07) is 1.57. The topological polar surface area (TPSA) is 18.5 Å². The van der Waals surface area contributed by atoms with Gasteiger partial charge in [0.15, 0.2) is 17.9 Å². The molecule has 0 N–H and O–H groups in total. The molecule has 0 bridgehead atoms. The lowest BCUT2D eigenvalue weighted by Gasteiger charge is -2.11. The second-order valence-electron chi connectivity index (χ2n) is 2.83. The third-order valence-electron chi connectivity index (χ3n) is 1.94. The summed E-state index contributed by atoms with van der Waals surface area (Å²) in [6.07, 6.45) is -1.13. The van der Waals surface area contributed by atoms with Crippen LogP contribution in [0, 0.1) is 17.5 Å². The van der Waals surface area contributed by atoms with Gasteiger partial charge in [0, 0.05) is 0 Å². The summed E-state index contributed by atoms with van der Waals surface area (Å²) < 4.78 is 48.8. The van der Waals surface area contributed by atoms with Crippen molar-refractivity contribution in [1.82, 2.24) is 0 Å². The molecule has 1 heterocycles. The zero-order valence-electron chi connectivity index (χ0n) is 7.10. The molecule has 0 unspecified atom stereocenters. The van der Waals surface area contributed by atoms with Crippen molar-refractivity contribution in [3.8, 4) is 0 Å². The van der Waals surface area contributed by atoms with Crippen LogP contribution in [0.15, 0.2) is 12.1 Å². The van der Waals surface area contributed by atoms with Gasteiger partial charge in [-0.1, -0.05) is 0 Å². The number of hydrogen-bond donors (Lipinski definition) is 0. The SMILES string of the molecule is Fc1ccc(F)c(C2OCCO2)c1F. The third-order valence-corrected chi connectivity index (χ3v) is 1.94. The maximum absolute atomic E-state index is 13.1. The van der Waals surface area contributed by atoms with E-state index in [1.807, 2.05) is 0 Å². The fraction of sp³-hybridized carbons (Fsp3) is 0.333. The second kappa shape index (κ2) is 3.59. The predicted molar refractivity (Wildman–Crippen MR) is 41.0 cm³/mol. The van der Waals surface area contributed by atoms with E-state index in [2.05, 4.69) is 0 Å². The van der Waals surface area contributed by atoms with Crippen molar-refractivity contribution in [1.29, 1.82) is 0 Å². The van der Waals surface area contributed by atoms with E-state index < -0.39 is 29.3 Å². The molecule has 1 saturated heterocycles. The molecule has 1 aromatic rings. The Morgan fingerprint density at radius 2 is 1.57 bits per heavy atom. The van der Waals surface area contributed by atoms with E-state index in [4.69, 9.17) is 9.47 Å². The zero-order chi connectivity index (χ0) is 10.1. The average molecular weight is 204 g/mol. The van der Waals surface area contributed by atoms with Crippen molar-refractivity contribution in [2.75, 3.05) is 13.2 Å². The quantitative estimate of drug-likeness (QED) is 0.652. The molecule has 0 saturated carbocycles. The van der Waals surface area contributed by atoms with Crippen LogP contribution in [-0.4, -0.2) is 13.2 Å². The van der Waals surface area contributed by atoms with Crippen LogP contribution in [0.1, 0.15) is 11.9 Å². The van der Waals surface area contributed by atoms with E-state index in [-0.39, 0.29) is 13.2 Å². The average Bonchev–Trinajstić information content (AvgIpc) is 2.65. The summed E-state index contributed by atoms with van der Waals surface area (Å²) in [6.45, 7) is 0.500. The summed E-state index contributed by atoms with van der Waals surface area (Å²) in [5.74, 6) is -3.23. The van der Waals surface area contributed by atoms with Gasteiger partial charge in [-0.3, -0.25) is 0 Å². The Bertz CT molecular complexity index is 348. The van der Waals surface area contributed by atoms with Gasteiger partial charge in [0.2, 0.25) is 0 Å². The van der Waals surface area contributed by atoms with Crippen molar-refractivity contribution in [3.63, 3.8) is 0 Å². The molecule has 0 radical (unpaired) electrons. The van der Waals surface area contributed by atoms with Crippen LogP contribution >= 0.6 is 0 Å². The minimum atomic E-state index is -1.25. The van der Waals surface area contributed by atoms with Crippen LogP contribution < -0.4 is 0 Å². The molecular weight excluding hydrogens is 197 g/mol. The summed E-state index contributed by atoms with van der Waals surface area (Å²) in [5, 5.41) is 0. The van der Waals surface area contributed by atoms with Crippen LogP contribution in [0.2, 0.25) is 0 Å². The number of ether oxygens (including phenoxy) is 2. The third kappa shape index (κ3) is 1.49. The molecule has 0 aromatic heterocycles. The van der Waals surface area contributed by atoms with Crippen molar-refractivity contribution in [2.45, 2.75) is 6.29 Å². The lowest BCUT2D eigenvalue weighted by molar-refractivity contribution is -0.0493. The maximum Gasteiger partial charge on any atom is 0.189 e. The molecule has 14 heavy (non-hydrogen) atoms. The molecule has 0 amide bonds. The zero-order valence-corrected chi connectivity index (χ0v) is 7.10. The van der Waals surface area contributed by atoms with Crippen molar-refractivity contribution in [2.24, 2.45) is 0 Å². The monoisotopic (exact) mass is 204 g/mol. The highest BCUT2D eigenvalue weighted by Crippen LogP contribution is 2.28. The van der Waals surface area contributed by atoms with E-state index >= 15 is 0 Å². The standard InChI is InChI=1S/C9H7F3O2/c10-5-1-2-6(11)8(12)7(5)9-13-3-4-14-9/h1-2,9H,3-4H2. The maximum atomic E-state index is 13.1. The van der Waals surface area contributed by atoms with Crippen LogP contribution in [0.5, 0.6) is 0 Å². The highest BCUT2D eigenvalue weighted by atomic mass is 19.2. The Kier molecular flexibility index (Phi) is 2.43. The fourth-order valence-corrected chi connectivity index (χ4v) is 1.28. The van der Waals surface area contributed by atoms with Gasteiger partial charge in [0.25, 0.3) is 0 Å². The number of benzene rings is 1. The highest BCUT2D eigenvalue weighted by Gasteiger charge is 2.27. The van der Waals surface area contributed by atoms with E-state index in [0.717, 1.165) is 12.1 Å². The highest BCUT2D eigenvalue weighted by molar-refractivity contribution is 5.22. The molecule has 76 valence electrons. The van der Waals surface area contributed by atoms with E-state index in [1.165, 1.54) is 0 Å². The van der Waals surface area contributed by atoms with Crippen LogP contribution in [0.4, 0.5) is 13.2 Å². The van der Waals surface area contributed by atoms with Gasteiger partial charge < -0.3 is 9.47 Å². The summed E-state index contributed by atoms with van der Waals surface area (Å²) in [5.41, 5.74) is -0.498. The lowest BCUT2D eigenvalue weighted by atomic mass is 10.2. The van der Waals surface area contributed by atoms with Crippen molar-refractivity contribution >= 4 is 0 Å². The van der Waals surface area contributed by atoms with Gasteiger partial charge >= 0.3 is 0 Å². The number of hydrogen-bond acceptors (Lipinski definition) is 2. The molecular formula is C9H7F3O2. The smallest absolute Gasteiger partial charge is 0.189 e. The summed E-state index contributed by atoms with van der Waals surface area (Å²) >= 11 is 0. The Balaban J connectivity index is 2.44. The molecule has 5 heteroatoms. The van der Waals surface area contributed by atoms with Crippen LogP contribution in [-0.2, 0) is 9.47 Å². The Morgan fingerprint density at radius 3 is 2.21 bits per heavy atom. The van der Waals surface area contributed by atoms with Crippen molar-refractivity contribution in [3.05, 3.63) is 35.1 Å². The summed E-state index contributed by atoms with van der Waals surface area (Å²) in [7, 11) is 0. The van der Waals surface area contributed by atoms with Crippen molar-refractivity contribution < 1.29 is 22.6 Å². The van der Waals surface area contributed by atoms with Gasteiger partial charge in [0.05, 0.1) is 18.8 Å². The molecule has 1 fully saturated rings. The van der Waals surface area contributed by atoms with Gasteiger partial charge in [-0.05, 0) is 12.1 Å². The predicted octanol–water partition coefficient (Wildman–Crippen LogP) is 2.15. The first-order chi connectivity index (χ1) is 6.70. The lowest BCUT2D eigenvalue weighted by Crippen LogP contribution is -2.06. The number of rotatable bonds is 1. The molecule has 1 aromatic carbocycles. The fourth-order valence-electron chi connectivity index (χ4n) is 1.28. The molecule has 2 rings (SSSR count). The van der Waals surface area contributed by atoms with Gasteiger partial charge in [-0.25, -0.2) is 13.2 Å². The molecule has 2 nitrogen and oxygen atoms in total. The molecule has 0 aliphatic carbocycles. The van der Waals surface area contributed by atoms with E-state index in [9.17, 15) is 13.2 Å². The molecule has 1 aliphatic rings. The molecule has 0 atom stereocenters. The second-order valence-corrected chi connectivity index (χ2v) is 2.83. The first-order valence-electron chi connectivity index (χ1n) is 4.07. The van der Waals surface area contributed by atoms with E-state index in [0.29, 0.717) is 0 Å². The normalized spacial score (nSPS) is 17.6. The Morgan fingerprint density at radius 1 is 1.00 bits per heavy atom. The Labute approximate surface area is 78.2 Å². The minimum Gasteiger partial charge on any atom is -0.346 e. The first kappa shape index (κ1) is 9.48. The first-order valence-corrected chi connectivity index (χ1v) is 4.07. The van der Waals surface area contributed by atoms with E-state index in [1.54, 1.807) is 0 Å². The largest absolute Gasteiger partial charge is 0.346 e. The number of halogens is 3. The van der Waals surface area contributed by atoms with Gasteiger partial charge in [-0.2, -0.15) is 0 Å². The Hall–Kier alpha value is -1.07. The van der Waals surface area contributed by atoms with Crippen LogP contribution in [0.25, 0.3) is 0 Å². The van der Waals surface area contributed by atoms with Crippen LogP contribution in [0.3, 0.4) is 0 Å². The molecule has 0 spiro atoms. The van der Waals surface area contributed by atoms with Gasteiger partial charge in [-0.15, -0.1) is 0 Å². The minimum absolute atomic E-state index is 0.250.